The van der Waals surface area contributed by atoms with Crippen molar-refractivity contribution in [2.45, 2.75) is 224 Å². The first-order valence-corrected chi connectivity index (χ1v) is 24.9. The highest BCUT2D eigenvalue weighted by molar-refractivity contribution is 7.47. The number of carbonyl (C=O) groups is 2. The minimum absolute atomic E-state index is 0.0881. The lowest BCUT2D eigenvalue weighted by Gasteiger charge is -2.41. The van der Waals surface area contributed by atoms with Crippen LogP contribution in [0.3, 0.4) is 0 Å². The van der Waals surface area contributed by atoms with Crippen molar-refractivity contribution in [2.75, 3.05) is 13.2 Å². The van der Waals surface area contributed by atoms with Gasteiger partial charge in [0.05, 0.1) is 6.61 Å². The molecule has 1 saturated carbocycles. The molecule has 0 radical (unpaired) electrons. The van der Waals surface area contributed by atoms with Gasteiger partial charge >= 0.3 is 19.8 Å². The Kier molecular flexibility index (Phi) is 34.7. The van der Waals surface area contributed by atoms with Crippen LogP contribution in [-0.2, 0) is 32.7 Å². The number of aliphatic hydroxyl groups excluding tert-OH is 5. The summed E-state index contributed by atoms with van der Waals surface area (Å²) < 4.78 is 33.5. The van der Waals surface area contributed by atoms with E-state index in [-0.39, 0.29) is 12.8 Å². The van der Waals surface area contributed by atoms with Crippen molar-refractivity contribution in [3.63, 3.8) is 0 Å². The lowest BCUT2D eigenvalue weighted by molar-refractivity contribution is -0.220. The summed E-state index contributed by atoms with van der Waals surface area (Å²) >= 11 is 0. The van der Waals surface area contributed by atoms with Gasteiger partial charge in [-0.3, -0.25) is 18.6 Å². The third-order valence-corrected chi connectivity index (χ3v) is 11.6. The maximum atomic E-state index is 12.8. The van der Waals surface area contributed by atoms with E-state index in [2.05, 4.69) is 62.5 Å². The zero-order chi connectivity index (χ0) is 45.0. The van der Waals surface area contributed by atoms with Crippen LogP contribution in [0.1, 0.15) is 181 Å². The molecule has 13 nitrogen and oxygen atoms in total. The molecule has 1 aliphatic carbocycles. The lowest BCUT2D eigenvalue weighted by Crippen LogP contribution is -2.64. The fourth-order valence-electron chi connectivity index (χ4n) is 6.80. The number of ether oxygens (including phenoxy) is 2. The number of rotatable bonds is 38. The Labute approximate surface area is 367 Å². The average molecular weight is 887 g/mol. The molecule has 0 aliphatic heterocycles. The first kappa shape index (κ1) is 56.8. The Morgan fingerprint density at radius 2 is 0.902 bits per heavy atom. The molecule has 0 aromatic heterocycles. The minimum Gasteiger partial charge on any atom is -0.462 e. The molecule has 0 saturated heterocycles. The largest absolute Gasteiger partial charge is 0.472 e. The molecule has 1 rings (SSSR count). The summed E-state index contributed by atoms with van der Waals surface area (Å²) in [5.74, 6) is -1.13. The van der Waals surface area contributed by atoms with Gasteiger partial charge in [-0.2, -0.15) is 0 Å². The van der Waals surface area contributed by atoms with Crippen molar-refractivity contribution in [1.82, 2.24) is 0 Å². The van der Waals surface area contributed by atoms with Gasteiger partial charge in [0.15, 0.2) is 6.10 Å². The van der Waals surface area contributed by atoms with Crippen molar-refractivity contribution in [3.8, 4) is 0 Å². The summed E-state index contributed by atoms with van der Waals surface area (Å²) in [7, 11) is -5.12. The van der Waals surface area contributed by atoms with E-state index in [4.69, 9.17) is 18.5 Å². The first-order valence-electron chi connectivity index (χ1n) is 23.4. The fourth-order valence-corrected chi connectivity index (χ4v) is 7.78. The molecule has 6 unspecified atom stereocenters. The molecule has 14 heteroatoms. The number of hydrogen-bond acceptors (Lipinski definition) is 12. The highest BCUT2D eigenvalue weighted by atomic mass is 31.2. The number of aliphatic hydroxyl groups is 5. The van der Waals surface area contributed by atoms with E-state index >= 15 is 0 Å². The quantitative estimate of drug-likeness (QED) is 0.0148. The molecule has 0 heterocycles. The second-order valence-corrected chi connectivity index (χ2v) is 17.7. The van der Waals surface area contributed by atoms with E-state index in [9.17, 15) is 44.6 Å². The van der Waals surface area contributed by atoms with Crippen LogP contribution >= 0.6 is 7.82 Å². The second-order valence-electron chi connectivity index (χ2n) is 16.3. The van der Waals surface area contributed by atoms with Crippen LogP contribution in [-0.4, -0.2) is 98.3 Å². The van der Waals surface area contributed by atoms with Crippen LogP contribution in [0.25, 0.3) is 0 Å². The van der Waals surface area contributed by atoms with Crippen LogP contribution in [0.15, 0.2) is 48.6 Å². The lowest BCUT2D eigenvalue weighted by atomic mass is 9.85. The zero-order valence-electron chi connectivity index (χ0n) is 37.4. The molecule has 6 N–H and O–H groups in total. The maximum Gasteiger partial charge on any atom is 0.472 e. The van der Waals surface area contributed by atoms with E-state index in [1.807, 2.05) is 0 Å². The fraction of sp³-hybridized carbons (Fsp3) is 0.787. The Morgan fingerprint density at radius 3 is 1.41 bits per heavy atom. The van der Waals surface area contributed by atoms with Gasteiger partial charge in [0.1, 0.15) is 43.2 Å². The minimum atomic E-state index is -5.12. The highest BCUT2D eigenvalue weighted by Crippen LogP contribution is 2.47. The summed E-state index contributed by atoms with van der Waals surface area (Å²) in [6, 6.07) is 0. The highest BCUT2D eigenvalue weighted by Gasteiger charge is 2.51. The van der Waals surface area contributed by atoms with Crippen LogP contribution in [0.5, 0.6) is 0 Å². The third kappa shape index (κ3) is 29.7. The SMILES string of the molecule is CCCC/C=C/CCCCCCCCCCCC(=O)O[C@@H](COC(=O)CCCCCC/C=C/C/C=C/C/C=C/CCCCC)COP(=O)(O)OC1C(O)C(O)C(O)[C@H](O)C1O. The van der Waals surface area contributed by atoms with Gasteiger partial charge in [-0.15, -0.1) is 0 Å². The van der Waals surface area contributed by atoms with Gasteiger partial charge in [0.2, 0.25) is 0 Å². The molecule has 0 bridgehead atoms. The molecule has 354 valence electrons. The molecule has 61 heavy (non-hydrogen) atoms. The van der Waals surface area contributed by atoms with Crippen molar-refractivity contribution in [2.24, 2.45) is 0 Å². The summed E-state index contributed by atoms with van der Waals surface area (Å²) in [6.45, 7) is 3.22. The number of esters is 2. The van der Waals surface area contributed by atoms with Crippen LogP contribution in [0.4, 0.5) is 0 Å². The van der Waals surface area contributed by atoms with Gasteiger partial charge in [0, 0.05) is 12.8 Å². The van der Waals surface area contributed by atoms with E-state index < -0.39 is 75.7 Å². The summed E-state index contributed by atoms with van der Waals surface area (Å²) in [4.78, 5) is 35.7. The van der Waals surface area contributed by atoms with E-state index in [0.29, 0.717) is 12.8 Å². The standard InChI is InChI=1S/C47H83O13P/c1-3-5-7-9-11-13-15-17-19-20-22-23-25-27-29-31-33-35-40(48)57-37-39(38-58-61(55,56)60-47-45(53)43(51)42(50)44(52)46(47)54)59-41(49)36-34-32-30-28-26-24-21-18-16-14-12-10-8-6-4-2/h10-13,17,19,22-23,39,42-47,50-54H,3-9,14-16,18,20-21,24-38H2,1-2H3,(H,55,56)/b12-10+,13-11+,19-17+,23-22+/t39-,42?,43-,44?,45?,46?,47?/m0/s1. The number of hydrogen-bond donors (Lipinski definition) is 6. The number of phosphoric acid groups is 1. The Bertz CT molecular complexity index is 1250. The number of phosphoric ester groups is 1. The molecule has 8 atom stereocenters. The van der Waals surface area contributed by atoms with Gasteiger partial charge in [-0.25, -0.2) is 4.57 Å². The molecule has 1 aliphatic rings. The van der Waals surface area contributed by atoms with Crippen LogP contribution in [0, 0.1) is 0 Å². The average Bonchev–Trinajstić information content (AvgIpc) is 3.24. The summed E-state index contributed by atoms with van der Waals surface area (Å²) in [5, 5.41) is 50.1. The second kappa shape index (κ2) is 37.2. The van der Waals surface area contributed by atoms with Crippen LogP contribution < -0.4 is 0 Å². The van der Waals surface area contributed by atoms with Gasteiger partial charge in [-0.05, 0) is 70.6 Å². The van der Waals surface area contributed by atoms with E-state index in [0.717, 1.165) is 77.0 Å². The molecule has 0 amide bonds. The zero-order valence-corrected chi connectivity index (χ0v) is 38.3. The predicted octanol–water partition coefficient (Wildman–Crippen LogP) is 9.17. The molecule has 0 aromatic carbocycles. The monoisotopic (exact) mass is 887 g/mol. The van der Waals surface area contributed by atoms with Crippen molar-refractivity contribution in [1.29, 1.82) is 0 Å². The Hall–Kier alpha value is -2.19. The Balaban J connectivity index is 2.47. The predicted molar refractivity (Wildman–Crippen MR) is 239 cm³/mol. The van der Waals surface area contributed by atoms with Gasteiger partial charge in [-0.1, -0.05) is 146 Å². The Morgan fingerprint density at radius 1 is 0.508 bits per heavy atom. The number of carbonyl (C=O) groups excluding carboxylic acids is 2. The third-order valence-electron chi connectivity index (χ3n) is 10.6. The van der Waals surface area contributed by atoms with Gasteiger partial charge in [0.25, 0.3) is 0 Å². The maximum absolute atomic E-state index is 12.8. The first-order chi connectivity index (χ1) is 29.4. The van der Waals surface area contributed by atoms with Crippen LogP contribution in [0.2, 0.25) is 0 Å². The van der Waals surface area contributed by atoms with Gasteiger partial charge < -0.3 is 39.9 Å². The molecular weight excluding hydrogens is 803 g/mol. The summed E-state index contributed by atoms with van der Waals surface area (Å²) in [6.07, 6.45) is 30.1. The smallest absolute Gasteiger partial charge is 0.462 e. The molecule has 0 aromatic rings. The normalized spacial score (nSPS) is 22.4. The van der Waals surface area contributed by atoms with E-state index in [1.165, 1.54) is 64.2 Å². The van der Waals surface area contributed by atoms with Crippen molar-refractivity contribution in [3.05, 3.63) is 48.6 Å². The summed E-state index contributed by atoms with van der Waals surface area (Å²) in [5.41, 5.74) is 0. The van der Waals surface area contributed by atoms with Crippen molar-refractivity contribution < 1.29 is 63.1 Å². The molecule has 0 spiro atoms. The van der Waals surface area contributed by atoms with Crippen molar-refractivity contribution >= 4 is 19.8 Å². The number of allylic oxidation sites excluding steroid dienone is 8. The molecular formula is C47H83O13P. The van der Waals surface area contributed by atoms with E-state index in [1.54, 1.807) is 0 Å². The number of unbranched alkanes of at least 4 members (excludes halogenated alkanes) is 18. The topological polar surface area (TPSA) is 210 Å². The molecule has 1 fully saturated rings.